The lowest BCUT2D eigenvalue weighted by Crippen LogP contribution is -2.31. The minimum Gasteiger partial charge on any atom is -0.483 e. The van der Waals surface area contributed by atoms with Crippen LogP contribution < -0.4 is 10.1 Å². The van der Waals surface area contributed by atoms with Gasteiger partial charge in [0.25, 0.3) is 5.91 Å². The molecule has 0 heterocycles. The molecule has 2 aliphatic carbocycles. The molecule has 1 fully saturated rings. The normalized spacial score (nSPS) is 25.1. The highest BCUT2D eigenvalue weighted by Crippen LogP contribution is 2.48. The summed E-state index contributed by atoms with van der Waals surface area (Å²) in [7, 11) is 0. The molecule has 1 aromatic rings. The molecule has 180 valence electrons. The quantitative estimate of drug-likeness (QED) is 0.398. The summed E-state index contributed by atoms with van der Waals surface area (Å²) in [6.45, 7) is 1.98. The van der Waals surface area contributed by atoms with E-state index in [-0.39, 0.29) is 30.6 Å². The van der Waals surface area contributed by atoms with Gasteiger partial charge in [0.1, 0.15) is 5.75 Å². The van der Waals surface area contributed by atoms with Crippen LogP contribution in [0.4, 0.5) is 4.39 Å². The van der Waals surface area contributed by atoms with Crippen LogP contribution in [0.15, 0.2) is 18.2 Å². The van der Waals surface area contributed by atoms with Crippen molar-refractivity contribution in [2.45, 2.75) is 83.3 Å². The number of amides is 1. The van der Waals surface area contributed by atoms with Crippen LogP contribution in [0, 0.1) is 17.8 Å². The molecule has 2 aliphatic rings. The standard InChI is InChI=1S/C26H40FNO4/c1-2-3-4-8-20(29)10-11-21-22-14-18-7-5-9-25(23(18)15-19(22)16-24(21)30)32-17-26(31)28-13-6-12-27/h5,7,9,19-22,24,29-30H,2-4,6,8,10-17H2,1H3,(H,28,31)/t19-,20-,21+,22-,24+/m0/s1. The van der Waals surface area contributed by atoms with Crippen LogP contribution in [0.2, 0.25) is 0 Å². The topological polar surface area (TPSA) is 78.8 Å². The fourth-order valence-corrected chi connectivity index (χ4v) is 5.59. The molecule has 0 saturated heterocycles. The van der Waals surface area contributed by atoms with Gasteiger partial charge in [-0.05, 0) is 79.9 Å². The van der Waals surface area contributed by atoms with Gasteiger partial charge in [-0.1, -0.05) is 38.3 Å². The van der Waals surface area contributed by atoms with Crippen LogP contribution in [0.3, 0.4) is 0 Å². The van der Waals surface area contributed by atoms with Gasteiger partial charge >= 0.3 is 0 Å². The Morgan fingerprint density at radius 1 is 1.25 bits per heavy atom. The number of hydrogen-bond acceptors (Lipinski definition) is 4. The second-order valence-corrected chi connectivity index (χ2v) is 9.60. The summed E-state index contributed by atoms with van der Waals surface area (Å²) in [6, 6.07) is 6.00. The van der Waals surface area contributed by atoms with Gasteiger partial charge in [0, 0.05) is 6.54 Å². The molecule has 1 amide bonds. The average Bonchev–Trinajstić information content (AvgIpc) is 3.09. The molecule has 1 aromatic carbocycles. The molecule has 0 bridgehead atoms. The number of unbranched alkanes of at least 4 members (excludes halogenated alkanes) is 2. The third kappa shape index (κ3) is 6.67. The average molecular weight is 450 g/mol. The minimum atomic E-state index is -0.444. The smallest absolute Gasteiger partial charge is 0.257 e. The van der Waals surface area contributed by atoms with Gasteiger partial charge in [0.05, 0.1) is 18.9 Å². The summed E-state index contributed by atoms with van der Waals surface area (Å²) < 4.78 is 18.0. The first kappa shape index (κ1) is 25.0. The van der Waals surface area contributed by atoms with Crippen LogP contribution in [-0.2, 0) is 17.6 Å². The van der Waals surface area contributed by atoms with Crippen molar-refractivity contribution in [3.05, 3.63) is 29.3 Å². The molecule has 0 aromatic heterocycles. The second-order valence-electron chi connectivity index (χ2n) is 9.60. The van der Waals surface area contributed by atoms with E-state index in [0.717, 1.165) is 69.1 Å². The third-order valence-corrected chi connectivity index (χ3v) is 7.31. The van der Waals surface area contributed by atoms with E-state index < -0.39 is 6.67 Å². The number of fused-ring (bicyclic) bond motifs is 2. The van der Waals surface area contributed by atoms with E-state index in [9.17, 15) is 19.4 Å². The molecule has 6 heteroatoms. The van der Waals surface area contributed by atoms with E-state index in [1.807, 2.05) is 12.1 Å². The second kappa shape index (κ2) is 12.5. The fourth-order valence-electron chi connectivity index (χ4n) is 5.59. The van der Waals surface area contributed by atoms with Gasteiger partial charge in [-0.25, -0.2) is 0 Å². The molecule has 3 N–H and O–H groups in total. The van der Waals surface area contributed by atoms with Crippen molar-refractivity contribution in [2.24, 2.45) is 17.8 Å². The number of alkyl halides is 1. The highest BCUT2D eigenvalue weighted by molar-refractivity contribution is 5.77. The van der Waals surface area contributed by atoms with Gasteiger partial charge in [-0.3, -0.25) is 9.18 Å². The van der Waals surface area contributed by atoms with E-state index in [1.165, 1.54) is 5.56 Å². The lowest BCUT2D eigenvalue weighted by atomic mass is 9.73. The molecule has 3 rings (SSSR count). The molecular weight excluding hydrogens is 409 g/mol. The maximum Gasteiger partial charge on any atom is 0.257 e. The number of aliphatic hydroxyl groups is 2. The number of carbonyl (C=O) groups is 1. The SMILES string of the molecule is CCCCC[C@H](O)CC[C@@H]1[C@H]2Cc3cccc(OCC(=O)NCCCF)c3C[C@H]2C[C@H]1O. The lowest BCUT2D eigenvalue weighted by molar-refractivity contribution is -0.123. The fraction of sp³-hybridized carbons (Fsp3) is 0.731. The predicted octanol–water partition coefficient (Wildman–Crippen LogP) is 3.97. The number of nitrogens with one attached hydrogen (secondary N) is 1. The maximum absolute atomic E-state index is 12.2. The number of hydrogen-bond donors (Lipinski definition) is 3. The Hall–Kier alpha value is -1.66. The maximum atomic E-state index is 12.2. The van der Waals surface area contributed by atoms with E-state index in [0.29, 0.717) is 24.8 Å². The van der Waals surface area contributed by atoms with Gasteiger partial charge in [-0.2, -0.15) is 0 Å². The van der Waals surface area contributed by atoms with E-state index >= 15 is 0 Å². The summed E-state index contributed by atoms with van der Waals surface area (Å²) in [6.07, 6.45) is 8.18. The van der Waals surface area contributed by atoms with Crippen molar-refractivity contribution >= 4 is 5.91 Å². The molecule has 5 nitrogen and oxygen atoms in total. The highest BCUT2D eigenvalue weighted by Gasteiger charge is 2.44. The van der Waals surface area contributed by atoms with Crippen molar-refractivity contribution in [1.29, 1.82) is 0 Å². The zero-order valence-corrected chi connectivity index (χ0v) is 19.4. The van der Waals surface area contributed by atoms with Gasteiger partial charge in [0.2, 0.25) is 0 Å². The van der Waals surface area contributed by atoms with Crippen LogP contribution in [0.5, 0.6) is 5.75 Å². The van der Waals surface area contributed by atoms with E-state index in [1.54, 1.807) is 0 Å². The van der Waals surface area contributed by atoms with E-state index in [4.69, 9.17) is 4.74 Å². The molecule has 5 atom stereocenters. The number of halogens is 1. The Morgan fingerprint density at radius 2 is 2.09 bits per heavy atom. The first-order valence-corrected chi connectivity index (χ1v) is 12.5. The summed E-state index contributed by atoms with van der Waals surface area (Å²) in [4.78, 5) is 11.9. The first-order chi connectivity index (χ1) is 15.5. The highest BCUT2D eigenvalue weighted by atomic mass is 19.1. The lowest BCUT2D eigenvalue weighted by Gasteiger charge is -2.32. The van der Waals surface area contributed by atoms with Crippen LogP contribution in [0.25, 0.3) is 0 Å². The van der Waals surface area contributed by atoms with Crippen LogP contribution in [0.1, 0.15) is 69.4 Å². The zero-order chi connectivity index (χ0) is 22.9. The molecule has 0 radical (unpaired) electrons. The number of carbonyl (C=O) groups excluding carboxylic acids is 1. The number of aliphatic hydroxyl groups excluding tert-OH is 2. The van der Waals surface area contributed by atoms with E-state index in [2.05, 4.69) is 18.3 Å². The Balaban J connectivity index is 1.56. The minimum absolute atomic E-state index is 0.0714. The van der Waals surface area contributed by atoms with Crippen molar-refractivity contribution in [2.75, 3.05) is 19.8 Å². The Labute approximate surface area is 191 Å². The largest absolute Gasteiger partial charge is 0.483 e. The Morgan fingerprint density at radius 3 is 2.88 bits per heavy atom. The van der Waals surface area contributed by atoms with Crippen molar-refractivity contribution in [3.63, 3.8) is 0 Å². The predicted molar refractivity (Wildman–Crippen MR) is 123 cm³/mol. The monoisotopic (exact) mass is 449 g/mol. The van der Waals surface area contributed by atoms with Gasteiger partial charge in [-0.15, -0.1) is 0 Å². The summed E-state index contributed by atoms with van der Waals surface area (Å²) in [5.74, 6) is 1.58. The van der Waals surface area contributed by atoms with Crippen LogP contribution >= 0.6 is 0 Å². The third-order valence-electron chi connectivity index (χ3n) is 7.31. The molecular formula is C26H40FNO4. The van der Waals surface area contributed by atoms with Gasteiger partial charge in [0.15, 0.2) is 6.61 Å². The van der Waals surface area contributed by atoms with Gasteiger partial charge < -0.3 is 20.3 Å². The number of benzene rings is 1. The first-order valence-electron chi connectivity index (χ1n) is 12.5. The molecule has 1 saturated carbocycles. The molecule has 32 heavy (non-hydrogen) atoms. The Kier molecular flexibility index (Phi) is 9.79. The molecule has 0 unspecified atom stereocenters. The summed E-state index contributed by atoms with van der Waals surface area (Å²) in [5.41, 5.74) is 2.39. The number of ether oxygens (including phenoxy) is 1. The van der Waals surface area contributed by atoms with Crippen LogP contribution in [-0.4, -0.2) is 48.2 Å². The molecule has 0 spiro atoms. The summed E-state index contributed by atoms with van der Waals surface area (Å²) >= 11 is 0. The van der Waals surface area contributed by atoms with Crippen molar-refractivity contribution in [1.82, 2.24) is 5.32 Å². The zero-order valence-electron chi connectivity index (χ0n) is 19.4. The molecule has 0 aliphatic heterocycles. The summed E-state index contributed by atoms with van der Waals surface area (Å²) in [5, 5.41) is 23.8. The van der Waals surface area contributed by atoms with Crippen molar-refractivity contribution in [3.8, 4) is 5.75 Å². The Bertz CT molecular complexity index is 728. The number of rotatable bonds is 13. The van der Waals surface area contributed by atoms with Crippen molar-refractivity contribution < 1.29 is 24.1 Å².